The van der Waals surface area contributed by atoms with Crippen molar-refractivity contribution in [3.8, 4) is 0 Å². The predicted octanol–water partition coefficient (Wildman–Crippen LogP) is 1.52. The molecule has 0 aromatic carbocycles. The summed E-state index contributed by atoms with van der Waals surface area (Å²) in [6.45, 7) is 2.98. The average Bonchev–Trinajstić information content (AvgIpc) is 2.35. The highest BCUT2D eigenvalue weighted by atomic mass is 35.5. The van der Waals surface area contributed by atoms with E-state index >= 15 is 0 Å². The van der Waals surface area contributed by atoms with Gasteiger partial charge in [-0.05, 0) is 6.92 Å². The van der Waals surface area contributed by atoms with Crippen molar-refractivity contribution in [3.63, 3.8) is 0 Å². The van der Waals surface area contributed by atoms with E-state index in [1.807, 2.05) is 0 Å². The van der Waals surface area contributed by atoms with E-state index in [1.165, 1.54) is 13.2 Å². The number of carboxylic acid groups (broad SMARTS) is 1. The molecule has 12 heavy (non-hydrogen) atoms. The van der Waals surface area contributed by atoms with Crippen molar-refractivity contribution >= 4 is 17.6 Å². The highest BCUT2D eigenvalue weighted by Gasteiger charge is 2.35. The summed E-state index contributed by atoms with van der Waals surface area (Å²) in [4.78, 5) is 12.9. The van der Waals surface area contributed by atoms with Crippen LogP contribution < -0.4 is 0 Å². The van der Waals surface area contributed by atoms with Crippen LogP contribution in [-0.4, -0.2) is 16.1 Å². The third-order valence-electron chi connectivity index (χ3n) is 1.50. The van der Waals surface area contributed by atoms with E-state index in [-0.39, 0.29) is 5.69 Å². The number of aryl methyl sites for hydroxylation is 1. The quantitative estimate of drug-likeness (QED) is 0.717. The molecule has 1 unspecified atom stereocenters. The van der Waals surface area contributed by atoms with Crippen LogP contribution in [-0.2, 0) is 9.67 Å². The number of carbonyl (C=O) groups is 1. The molecule has 1 aromatic heterocycles. The van der Waals surface area contributed by atoms with Gasteiger partial charge in [0.1, 0.15) is 12.0 Å². The Hall–Kier alpha value is -1.03. The Labute approximate surface area is 74.2 Å². The largest absolute Gasteiger partial charge is 0.480 e. The first-order chi connectivity index (χ1) is 5.44. The molecule has 0 spiro atoms. The molecule has 1 heterocycles. The standard InChI is InChI=1S/C7H8ClNO3/c1-4-9-5(3-12-4)7(2,8)6(10)11/h3H,1-2H3,(H,10,11). The summed E-state index contributed by atoms with van der Waals surface area (Å²) in [5.74, 6) is -0.740. The molecule has 0 bridgehead atoms. The average molecular weight is 190 g/mol. The molecule has 1 N–H and O–H groups in total. The first kappa shape index (κ1) is 9.06. The summed E-state index contributed by atoms with van der Waals surface area (Å²) < 4.78 is 4.84. The van der Waals surface area contributed by atoms with Crippen molar-refractivity contribution < 1.29 is 14.3 Å². The van der Waals surface area contributed by atoms with Crippen LogP contribution in [0.5, 0.6) is 0 Å². The number of nitrogens with zero attached hydrogens (tertiary/aromatic N) is 1. The number of halogens is 1. The number of aliphatic carboxylic acids is 1. The first-order valence-corrected chi connectivity index (χ1v) is 3.67. The van der Waals surface area contributed by atoms with Crippen LogP contribution in [0, 0.1) is 6.92 Å². The van der Waals surface area contributed by atoms with Crippen molar-refractivity contribution in [2.45, 2.75) is 18.7 Å². The highest BCUT2D eigenvalue weighted by Crippen LogP contribution is 2.27. The Morgan fingerprint density at radius 1 is 1.83 bits per heavy atom. The molecule has 66 valence electrons. The Balaban J connectivity index is 3.05. The molecule has 1 atom stereocenters. The molecule has 0 amide bonds. The summed E-state index contributed by atoms with van der Waals surface area (Å²) in [7, 11) is 0. The Bertz CT molecular complexity index is 305. The number of carboxylic acids is 1. The number of alkyl halides is 1. The Kier molecular flexibility index (Phi) is 2.10. The van der Waals surface area contributed by atoms with Crippen LogP contribution in [0.15, 0.2) is 10.7 Å². The van der Waals surface area contributed by atoms with Crippen LogP contribution >= 0.6 is 11.6 Å². The van der Waals surface area contributed by atoms with Gasteiger partial charge in [0.2, 0.25) is 0 Å². The van der Waals surface area contributed by atoms with Gasteiger partial charge in [-0.15, -0.1) is 0 Å². The molecule has 0 aliphatic heterocycles. The second-order valence-electron chi connectivity index (χ2n) is 2.56. The van der Waals surface area contributed by atoms with Gasteiger partial charge in [0, 0.05) is 6.92 Å². The second kappa shape index (κ2) is 2.79. The van der Waals surface area contributed by atoms with E-state index in [0.29, 0.717) is 5.89 Å². The number of rotatable bonds is 2. The third-order valence-corrected chi connectivity index (χ3v) is 1.86. The van der Waals surface area contributed by atoms with E-state index in [4.69, 9.17) is 21.1 Å². The molecule has 0 aliphatic rings. The van der Waals surface area contributed by atoms with Gasteiger partial charge in [-0.25, -0.2) is 9.78 Å². The molecule has 5 heteroatoms. The normalized spacial score (nSPS) is 15.6. The predicted molar refractivity (Wildman–Crippen MR) is 42.1 cm³/mol. The molecule has 0 saturated heterocycles. The zero-order valence-corrected chi connectivity index (χ0v) is 7.42. The van der Waals surface area contributed by atoms with Gasteiger partial charge >= 0.3 is 5.97 Å². The summed E-state index contributed by atoms with van der Waals surface area (Å²) in [6, 6.07) is 0. The zero-order chi connectivity index (χ0) is 9.35. The molecule has 0 fully saturated rings. The van der Waals surface area contributed by atoms with E-state index in [2.05, 4.69) is 4.98 Å². The zero-order valence-electron chi connectivity index (χ0n) is 6.67. The van der Waals surface area contributed by atoms with Crippen LogP contribution in [0.3, 0.4) is 0 Å². The van der Waals surface area contributed by atoms with Crippen LogP contribution in [0.1, 0.15) is 18.5 Å². The van der Waals surface area contributed by atoms with E-state index in [1.54, 1.807) is 6.92 Å². The lowest BCUT2D eigenvalue weighted by atomic mass is 10.1. The molecular formula is C7H8ClNO3. The highest BCUT2D eigenvalue weighted by molar-refractivity contribution is 6.33. The topological polar surface area (TPSA) is 63.3 Å². The fraction of sp³-hybridized carbons (Fsp3) is 0.429. The summed E-state index contributed by atoms with van der Waals surface area (Å²) in [5.41, 5.74) is 0.217. The lowest BCUT2D eigenvalue weighted by Gasteiger charge is -2.11. The minimum atomic E-state index is -1.50. The molecule has 0 radical (unpaired) electrons. The summed E-state index contributed by atoms with van der Waals surface area (Å²) >= 11 is 5.69. The van der Waals surface area contributed by atoms with E-state index in [0.717, 1.165) is 0 Å². The number of aromatic nitrogens is 1. The second-order valence-corrected chi connectivity index (χ2v) is 3.32. The van der Waals surface area contributed by atoms with Crippen molar-refractivity contribution in [3.05, 3.63) is 17.8 Å². The van der Waals surface area contributed by atoms with E-state index < -0.39 is 10.8 Å². The van der Waals surface area contributed by atoms with Crippen LogP contribution in [0.2, 0.25) is 0 Å². The number of hydrogen-bond donors (Lipinski definition) is 1. The minimum absolute atomic E-state index is 0.217. The van der Waals surface area contributed by atoms with Crippen LogP contribution in [0.25, 0.3) is 0 Å². The van der Waals surface area contributed by atoms with Crippen molar-refractivity contribution in [2.75, 3.05) is 0 Å². The molecule has 0 aliphatic carbocycles. The van der Waals surface area contributed by atoms with Crippen molar-refractivity contribution in [1.29, 1.82) is 0 Å². The maximum Gasteiger partial charge on any atom is 0.330 e. The summed E-state index contributed by atoms with van der Waals surface area (Å²) in [6.07, 6.45) is 1.25. The SMILES string of the molecule is Cc1nc(C(C)(Cl)C(=O)O)co1. The number of hydrogen-bond acceptors (Lipinski definition) is 3. The van der Waals surface area contributed by atoms with Gasteiger partial charge in [0.15, 0.2) is 10.8 Å². The fourth-order valence-electron chi connectivity index (χ4n) is 0.689. The van der Waals surface area contributed by atoms with Gasteiger partial charge in [0.25, 0.3) is 0 Å². The van der Waals surface area contributed by atoms with Crippen LogP contribution in [0.4, 0.5) is 0 Å². The monoisotopic (exact) mass is 189 g/mol. The molecule has 0 saturated carbocycles. The third kappa shape index (κ3) is 1.43. The fourth-order valence-corrected chi connectivity index (χ4v) is 0.775. The van der Waals surface area contributed by atoms with Gasteiger partial charge < -0.3 is 9.52 Å². The molecular weight excluding hydrogens is 182 g/mol. The smallest absolute Gasteiger partial charge is 0.330 e. The minimum Gasteiger partial charge on any atom is -0.480 e. The van der Waals surface area contributed by atoms with Gasteiger partial charge in [-0.3, -0.25) is 0 Å². The number of oxazole rings is 1. The maximum absolute atomic E-state index is 10.6. The molecule has 4 nitrogen and oxygen atoms in total. The lowest BCUT2D eigenvalue weighted by Crippen LogP contribution is -2.25. The van der Waals surface area contributed by atoms with Gasteiger partial charge in [-0.1, -0.05) is 11.6 Å². The van der Waals surface area contributed by atoms with Crippen molar-refractivity contribution in [1.82, 2.24) is 4.98 Å². The molecule has 1 rings (SSSR count). The summed E-state index contributed by atoms with van der Waals surface area (Å²) in [5, 5.41) is 8.69. The Morgan fingerprint density at radius 2 is 2.42 bits per heavy atom. The van der Waals surface area contributed by atoms with Gasteiger partial charge in [-0.2, -0.15) is 0 Å². The molecule has 1 aromatic rings. The van der Waals surface area contributed by atoms with Gasteiger partial charge in [0.05, 0.1) is 0 Å². The Morgan fingerprint density at radius 3 is 2.75 bits per heavy atom. The lowest BCUT2D eigenvalue weighted by molar-refractivity contribution is -0.140. The maximum atomic E-state index is 10.6. The van der Waals surface area contributed by atoms with Crippen molar-refractivity contribution in [2.24, 2.45) is 0 Å². The van der Waals surface area contributed by atoms with E-state index in [9.17, 15) is 4.79 Å². The first-order valence-electron chi connectivity index (χ1n) is 3.29.